The average molecular weight is 346 g/mol. The minimum Gasteiger partial charge on any atom is -0.478 e. The van der Waals surface area contributed by atoms with Gasteiger partial charge < -0.3 is 15.0 Å². The van der Waals surface area contributed by atoms with E-state index in [2.05, 4.69) is 16.8 Å². The van der Waals surface area contributed by atoms with E-state index in [1.165, 1.54) is 16.2 Å². The van der Waals surface area contributed by atoms with E-state index in [1.54, 1.807) is 11.3 Å². The van der Waals surface area contributed by atoms with E-state index in [0.717, 1.165) is 27.7 Å². The van der Waals surface area contributed by atoms with Gasteiger partial charge in [-0.2, -0.15) is 0 Å². The van der Waals surface area contributed by atoms with Gasteiger partial charge in [0.05, 0.1) is 5.56 Å². The topological polar surface area (TPSA) is 54.3 Å². The van der Waals surface area contributed by atoms with E-state index >= 15 is 0 Å². The molecule has 0 aliphatic carbocycles. The third-order valence-corrected chi connectivity index (χ3v) is 5.90. The van der Waals surface area contributed by atoms with Gasteiger partial charge in [0.15, 0.2) is 0 Å². The molecule has 23 heavy (non-hydrogen) atoms. The SMILES string of the molecule is Cc1sc(-n2cccc2CNCc2cccs2)c(C(=O)O)c1C. The number of carboxylic acid groups (broad SMARTS) is 1. The van der Waals surface area contributed by atoms with E-state index < -0.39 is 5.97 Å². The van der Waals surface area contributed by atoms with Crippen molar-refractivity contribution in [3.63, 3.8) is 0 Å². The maximum Gasteiger partial charge on any atom is 0.339 e. The summed E-state index contributed by atoms with van der Waals surface area (Å²) in [5.74, 6) is -0.868. The first-order valence-corrected chi connectivity index (χ1v) is 9.00. The molecule has 2 N–H and O–H groups in total. The Labute approximate surface area is 143 Å². The van der Waals surface area contributed by atoms with Crippen LogP contribution in [0, 0.1) is 13.8 Å². The fraction of sp³-hybridized carbons (Fsp3) is 0.235. The quantitative estimate of drug-likeness (QED) is 0.703. The predicted molar refractivity (Wildman–Crippen MR) is 94.9 cm³/mol. The van der Waals surface area contributed by atoms with Crippen LogP contribution in [0.1, 0.15) is 31.4 Å². The Kier molecular flexibility index (Phi) is 4.66. The number of aromatic carboxylic acids is 1. The summed E-state index contributed by atoms with van der Waals surface area (Å²) in [7, 11) is 0. The van der Waals surface area contributed by atoms with Gasteiger partial charge in [-0.15, -0.1) is 22.7 Å². The Morgan fingerprint density at radius 3 is 2.78 bits per heavy atom. The van der Waals surface area contributed by atoms with Crippen LogP contribution in [0.25, 0.3) is 5.00 Å². The number of nitrogens with one attached hydrogen (secondary N) is 1. The number of aryl methyl sites for hydroxylation is 1. The van der Waals surface area contributed by atoms with Gasteiger partial charge in [0.25, 0.3) is 0 Å². The summed E-state index contributed by atoms with van der Waals surface area (Å²) in [5, 5.41) is 15.8. The molecule has 120 valence electrons. The molecule has 0 saturated heterocycles. The molecule has 3 aromatic rings. The first kappa shape index (κ1) is 16.0. The predicted octanol–water partition coefficient (Wildman–Crippen LogP) is 4.21. The lowest BCUT2D eigenvalue weighted by molar-refractivity contribution is 0.0696. The number of rotatable bonds is 6. The third-order valence-electron chi connectivity index (χ3n) is 3.82. The Morgan fingerprint density at radius 2 is 2.09 bits per heavy atom. The van der Waals surface area contributed by atoms with Crippen molar-refractivity contribution in [2.75, 3.05) is 0 Å². The number of carboxylic acids is 1. The normalized spacial score (nSPS) is 11.0. The van der Waals surface area contributed by atoms with E-state index in [-0.39, 0.29) is 0 Å². The van der Waals surface area contributed by atoms with Crippen molar-refractivity contribution in [3.8, 4) is 5.00 Å². The molecule has 0 aliphatic heterocycles. The lowest BCUT2D eigenvalue weighted by atomic mass is 10.1. The van der Waals surface area contributed by atoms with Crippen LogP contribution >= 0.6 is 22.7 Å². The second-order valence-corrected chi connectivity index (χ2v) is 7.56. The Morgan fingerprint density at radius 1 is 1.26 bits per heavy atom. The number of hydrogen-bond donors (Lipinski definition) is 2. The Bertz CT molecular complexity index is 816. The van der Waals surface area contributed by atoms with Crippen LogP contribution in [0.3, 0.4) is 0 Å². The Balaban J connectivity index is 1.83. The number of hydrogen-bond acceptors (Lipinski definition) is 4. The van der Waals surface area contributed by atoms with Gasteiger partial charge in [-0.25, -0.2) is 4.79 Å². The van der Waals surface area contributed by atoms with E-state index in [0.29, 0.717) is 12.1 Å². The maximum atomic E-state index is 11.6. The molecule has 3 rings (SSSR count). The molecule has 3 aromatic heterocycles. The molecular formula is C17H18N2O2S2. The molecule has 3 heterocycles. The summed E-state index contributed by atoms with van der Waals surface area (Å²) in [6.45, 7) is 5.35. The number of thiophene rings is 2. The van der Waals surface area contributed by atoms with Crippen molar-refractivity contribution in [1.82, 2.24) is 9.88 Å². The summed E-state index contributed by atoms with van der Waals surface area (Å²) in [4.78, 5) is 13.9. The standard InChI is InChI=1S/C17H18N2O2S2/c1-11-12(2)23-16(15(11)17(20)21)19-7-3-5-13(19)9-18-10-14-6-4-8-22-14/h3-8,18H,9-10H2,1-2H3,(H,20,21). The molecule has 0 aliphatic rings. The zero-order valence-electron chi connectivity index (χ0n) is 13.0. The van der Waals surface area contributed by atoms with E-state index in [1.807, 2.05) is 42.8 Å². The summed E-state index contributed by atoms with van der Waals surface area (Å²) in [6.07, 6.45) is 1.93. The molecule has 0 spiro atoms. The molecule has 0 amide bonds. The largest absolute Gasteiger partial charge is 0.478 e. The van der Waals surface area contributed by atoms with Crippen molar-refractivity contribution < 1.29 is 9.90 Å². The molecule has 0 aromatic carbocycles. The van der Waals surface area contributed by atoms with Crippen molar-refractivity contribution in [3.05, 3.63) is 62.4 Å². The van der Waals surface area contributed by atoms with Gasteiger partial charge in [0, 0.05) is 34.7 Å². The average Bonchev–Trinajstić information content (AvgIpc) is 3.21. The minimum atomic E-state index is -0.868. The van der Waals surface area contributed by atoms with Crippen LogP contribution in [0.15, 0.2) is 35.8 Å². The second-order valence-electron chi connectivity index (χ2n) is 5.32. The molecule has 0 saturated carbocycles. The highest BCUT2D eigenvalue weighted by molar-refractivity contribution is 7.15. The molecule has 0 radical (unpaired) electrons. The number of aromatic nitrogens is 1. The van der Waals surface area contributed by atoms with Gasteiger partial charge >= 0.3 is 5.97 Å². The van der Waals surface area contributed by atoms with Crippen molar-refractivity contribution in [1.29, 1.82) is 0 Å². The van der Waals surface area contributed by atoms with Crippen LogP contribution in [-0.2, 0) is 13.1 Å². The summed E-state index contributed by atoms with van der Waals surface area (Å²) in [5.41, 5.74) is 2.32. The van der Waals surface area contributed by atoms with Gasteiger partial charge in [0.1, 0.15) is 5.00 Å². The zero-order chi connectivity index (χ0) is 16.4. The molecular weight excluding hydrogens is 328 g/mol. The highest BCUT2D eigenvalue weighted by Crippen LogP contribution is 2.32. The highest BCUT2D eigenvalue weighted by atomic mass is 32.1. The molecule has 0 atom stereocenters. The molecule has 0 fully saturated rings. The highest BCUT2D eigenvalue weighted by Gasteiger charge is 2.21. The number of nitrogens with zero attached hydrogens (tertiary/aromatic N) is 1. The smallest absolute Gasteiger partial charge is 0.339 e. The number of carbonyl (C=O) groups is 1. The summed E-state index contributed by atoms with van der Waals surface area (Å²) >= 11 is 3.26. The minimum absolute atomic E-state index is 0.406. The van der Waals surface area contributed by atoms with Crippen LogP contribution in [0.5, 0.6) is 0 Å². The summed E-state index contributed by atoms with van der Waals surface area (Å²) < 4.78 is 1.98. The molecule has 6 heteroatoms. The van der Waals surface area contributed by atoms with Gasteiger partial charge in [-0.05, 0) is 43.0 Å². The first-order valence-electron chi connectivity index (χ1n) is 7.31. The van der Waals surface area contributed by atoms with Gasteiger partial charge in [-0.3, -0.25) is 0 Å². The van der Waals surface area contributed by atoms with Crippen molar-refractivity contribution in [2.45, 2.75) is 26.9 Å². The van der Waals surface area contributed by atoms with Crippen LogP contribution < -0.4 is 5.32 Å². The Hall–Kier alpha value is -1.89. The van der Waals surface area contributed by atoms with Crippen molar-refractivity contribution >= 4 is 28.6 Å². The maximum absolute atomic E-state index is 11.6. The third kappa shape index (κ3) is 3.24. The second kappa shape index (κ2) is 6.70. The zero-order valence-corrected chi connectivity index (χ0v) is 14.6. The molecule has 0 bridgehead atoms. The molecule has 0 unspecified atom stereocenters. The monoisotopic (exact) mass is 346 g/mol. The van der Waals surface area contributed by atoms with Crippen LogP contribution in [-0.4, -0.2) is 15.6 Å². The molecule has 4 nitrogen and oxygen atoms in total. The fourth-order valence-corrected chi connectivity index (χ4v) is 4.35. The van der Waals surface area contributed by atoms with Crippen LogP contribution in [0.4, 0.5) is 0 Å². The van der Waals surface area contributed by atoms with E-state index in [4.69, 9.17) is 0 Å². The van der Waals surface area contributed by atoms with Crippen LogP contribution in [0.2, 0.25) is 0 Å². The van der Waals surface area contributed by atoms with Gasteiger partial charge in [0.2, 0.25) is 0 Å². The summed E-state index contributed by atoms with van der Waals surface area (Å²) in [6, 6.07) is 8.13. The van der Waals surface area contributed by atoms with Gasteiger partial charge in [-0.1, -0.05) is 6.07 Å². The fourth-order valence-electron chi connectivity index (χ4n) is 2.52. The van der Waals surface area contributed by atoms with E-state index in [9.17, 15) is 9.90 Å². The van der Waals surface area contributed by atoms with Crippen molar-refractivity contribution in [2.24, 2.45) is 0 Å². The lowest BCUT2D eigenvalue weighted by Gasteiger charge is -2.09. The lowest BCUT2D eigenvalue weighted by Crippen LogP contribution is -2.15. The first-order chi connectivity index (χ1) is 11.1.